The van der Waals surface area contributed by atoms with E-state index in [0.717, 1.165) is 67.8 Å². The first-order chi connectivity index (χ1) is 19.9. The molecule has 0 atom stereocenters. The van der Waals surface area contributed by atoms with Crippen LogP contribution in [-0.2, 0) is 24.4 Å². The van der Waals surface area contributed by atoms with Crippen molar-refractivity contribution in [2.75, 3.05) is 20.2 Å². The topological polar surface area (TPSA) is 82.1 Å². The van der Waals surface area contributed by atoms with Crippen LogP contribution in [0.15, 0.2) is 72.8 Å². The quantitative estimate of drug-likeness (QED) is 0.296. The van der Waals surface area contributed by atoms with Gasteiger partial charge in [0, 0.05) is 50.2 Å². The number of hydrogen-bond donors (Lipinski definition) is 2. The number of aromatic hydroxyl groups is 1. The summed E-state index contributed by atoms with van der Waals surface area (Å²) >= 11 is 0. The van der Waals surface area contributed by atoms with Crippen LogP contribution in [-0.4, -0.2) is 53.0 Å². The number of hydrogen-bond acceptors (Lipinski definition) is 5. The molecule has 0 spiro atoms. The second kappa shape index (κ2) is 14.7. The van der Waals surface area contributed by atoms with Crippen molar-refractivity contribution >= 4 is 11.8 Å². The molecule has 0 bridgehead atoms. The molecule has 7 heteroatoms. The van der Waals surface area contributed by atoms with Crippen LogP contribution < -0.4 is 10.1 Å². The van der Waals surface area contributed by atoms with E-state index in [0.29, 0.717) is 24.4 Å². The highest BCUT2D eigenvalue weighted by atomic mass is 16.5. The van der Waals surface area contributed by atoms with Crippen LogP contribution in [0, 0.1) is 5.92 Å². The standard InChI is InChI=1S/C34H43N3O4/c1-4-28(5-2)34(40)37(30-17-19-36(20-18-30)23-27-7-6-8-31(38)21-27)24-26-9-13-29(14-10-26)33(39)35-22-25-11-15-32(41-3)16-12-25/h6-16,21,28,30,38H,4-5,17-20,22-24H2,1-3H3,(H,35,39). The van der Waals surface area contributed by atoms with Crippen LogP contribution in [0.5, 0.6) is 11.5 Å². The summed E-state index contributed by atoms with van der Waals surface area (Å²) in [6, 6.07) is 22.8. The second-order valence-electron chi connectivity index (χ2n) is 10.9. The average molecular weight is 558 g/mol. The van der Waals surface area contributed by atoms with Crippen molar-refractivity contribution in [3.8, 4) is 11.5 Å². The molecule has 0 saturated carbocycles. The number of carbonyl (C=O) groups excluding carboxylic acids is 2. The zero-order valence-electron chi connectivity index (χ0n) is 24.5. The van der Waals surface area contributed by atoms with Crippen molar-refractivity contribution < 1.29 is 19.4 Å². The first-order valence-corrected chi connectivity index (χ1v) is 14.7. The minimum atomic E-state index is -0.128. The fourth-order valence-electron chi connectivity index (χ4n) is 5.55. The highest BCUT2D eigenvalue weighted by Gasteiger charge is 2.31. The van der Waals surface area contributed by atoms with Crippen molar-refractivity contribution in [3.05, 3.63) is 95.1 Å². The maximum absolute atomic E-state index is 13.7. The molecule has 1 aliphatic heterocycles. The number of phenols is 1. The van der Waals surface area contributed by atoms with Gasteiger partial charge in [0.05, 0.1) is 7.11 Å². The predicted molar refractivity (Wildman–Crippen MR) is 162 cm³/mol. The fraction of sp³-hybridized carbons (Fsp3) is 0.412. The van der Waals surface area contributed by atoms with Gasteiger partial charge in [0.1, 0.15) is 11.5 Å². The molecule has 0 aromatic heterocycles. The molecule has 41 heavy (non-hydrogen) atoms. The minimum absolute atomic E-state index is 0.0170. The van der Waals surface area contributed by atoms with Crippen LogP contribution in [0.1, 0.15) is 66.6 Å². The van der Waals surface area contributed by atoms with Gasteiger partial charge in [-0.1, -0.05) is 50.2 Å². The molecule has 2 amide bonds. The lowest BCUT2D eigenvalue weighted by Gasteiger charge is -2.40. The van der Waals surface area contributed by atoms with Gasteiger partial charge in [-0.3, -0.25) is 14.5 Å². The summed E-state index contributed by atoms with van der Waals surface area (Å²) < 4.78 is 5.19. The summed E-state index contributed by atoms with van der Waals surface area (Å²) in [7, 11) is 1.63. The molecule has 1 heterocycles. The van der Waals surface area contributed by atoms with E-state index in [4.69, 9.17) is 4.74 Å². The summed E-state index contributed by atoms with van der Waals surface area (Å²) in [6.07, 6.45) is 3.48. The van der Waals surface area contributed by atoms with Crippen LogP contribution >= 0.6 is 0 Å². The Labute approximate surface area is 244 Å². The molecule has 7 nitrogen and oxygen atoms in total. The highest BCUT2D eigenvalue weighted by Crippen LogP contribution is 2.25. The van der Waals surface area contributed by atoms with Gasteiger partial charge in [0.2, 0.25) is 5.91 Å². The Balaban J connectivity index is 1.37. The number of carbonyl (C=O) groups is 2. The van der Waals surface area contributed by atoms with Gasteiger partial charge < -0.3 is 20.1 Å². The Morgan fingerprint density at radius 1 is 0.951 bits per heavy atom. The summed E-state index contributed by atoms with van der Waals surface area (Å²) in [5.41, 5.74) is 3.72. The molecule has 0 radical (unpaired) electrons. The van der Waals surface area contributed by atoms with E-state index in [1.807, 2.05) is 66.7 Å². The van der Waals surface area contributed by atoms with Crippen molar-refractivity contribution in [3.63, 3.8) is 0 Å². The molecule has 2 N–H and O–H groups in total. The molecule has 0 unspecified atom stereocenters. The molecule has 218 valence electrons. The largest absolute Gasteiger partial charge is 0.508 e. The van der Waals surface area contributed by atoms with E-state index in [1.54, 1.807) is 13.2 Å². The zero-order valence-corrected chi connectivity index (χ0v) is 24.5. The number of piperidine rings is 1. The molecule has 4 rings (SSSR count). The smallest absolute Gasteiger partial charge is 0.251 e. The second-order valence-corrected chi connectivity index (χ2v) is 10.9. The van der Waals surface area contributed by atoms with E-state index in [-0.39, 0.29) is 23.8 Å². The molecule has 1 aliphatic rings. The van der Waals surface area contributed by atoms with Gasteiger partial charge in [-0.05, 0) is 78.8 Å². The third-order valence-corrected chi connectivity index (χ3v) is 8.11. The molecule has 3 aromatic carbocycles. The molecule has 1 saturated heterocycles. The van der Waals surface area contributed by atoms with E-state index in [9.17, 15) is 14.7 Å². The Hall–Kier alpha value is -3.84. The van der Waals surface area contributed by atoms with Gasteiger partial charge in [0.25, 0.3) is 5.91 Å². The maximum atomic E-state index is 13.7. The Morgan fingerprint density at radius 3 is 2.22 bits per heavy atom. The first-order valence-electron chi connectivity index (χ1n) is 14.7. The molecule has 0 aliphatic carbocycles. The number of nitrogens with zero attached hydrogens (tertiary/aromatic N) is 2. The number of rotatable bonds is 12. The van der Waals surface area contributed by atoms with Crippen molar-refractivity contribution in [1.82, 2.24) is 15.1 Å². The lowest BCUT2D eigenvalue weighted by atomic mass is 9.96. The average Bonchev–Trinajstić information content (AvgIpc) is 3.00. The number of phenolic OH excluding ortho intramolecular Hbond substituents is 1. The van der Waals surface area contributed by atoms with Crippen molar-refractivity contribution in [1.29, 1.82) is 0 Å². The summed E-state index contributed by atoms with van der Waals surface area (Å²) in [4.78, 5) is 30.9. The Morgan fingerprint density at radius 2 is 1.61 bits per heavy atom. The predicted octanol–water partition coefficient (Wildman–Crippen LogP) is 5.76. The van der Waals surface area contributed by atoms with Gasteiger partial charge >= 0.3 is 0 Å². The normalized spacial score (nSPS) is 14.1. The van der Waals surface area contributed by atoms with Crippen LogP contribution in [0.4, 0.5) is 0 Å². The van der Waals surface area contributed by atoms with Crippen LogP contribution in [0.2, 0.25) is 0 Å². The molecular weight excluding hydrogens is 514 g/mol. The fourth-order valence-corrected chi connectivity index (χ4v) is 5.55. The molecule has 1 fully saturated rings. The van der Waals surface area contributed by atoms with Gasteiger partial charge in [-0.25, -0.2) is 0 Å². The van der Waals surface area contributed by atoms with Crippen molar-refractivity contribution in [2.24, 2.45) is 5.92 Å². The summed E-state index contributed by atoms with van der Waals surface area (Å²) in [5.74, 6) is 1.19. The number of ether oxygens (including phenoxy) is 1. The minimum Gasteiger partial charge on any atom is -0.508 e. The third-order valence-electron chi connectivity index (χ3n) is 8.11. The van der Waals surface area contributed by atoms with E-state index in [1.165, 1.54) is 0 Å². The van der Waals surface area contributed by atoms with Gasteiger partial charge in [-0.15, -0.1) is 0 Å². The summed E-state index contributed by atoms with van der Waals surface area (Å²) in [5, 5.41) is 12.8. The first kappa shape index (κ1) is 30.1. The Bertz CT molecular complexity index is 1260. The molecule has 3 aromatic rings. The van der Waals surface area contributed by atoms with Gasteiger partial charge in [-0.2, -0.15) is 0 Å². The monoisotopic (exact) mass is 557 g/mol. The van der Waals surface area contributed by atoms with E-state index >= 15 is 0 Å². The van der Waals surface area contributed by atoms with E-state index < -0.39 is 0 Å². The SMILES string of the molecule is CCC(CC)C(=O)N(Cc1ccc(C(=O)NCc2ccc(OC)cc2)cc1)C1CCN(Cc2cccc(O)c2)CC1. The summed E-state index contributed by atoms with van der Waals surface area (Å²) in [6.45, 7) is 7.75. The number of nitrogens with one attached hydrogen (secondary N) is 1. The van der Waals surface area contributed by atoms with E-state index in [2.05, 4.69) is 29.0 Å². The number of amides is 2. The number of benzene rings is 3. The van der Waals surface area contributed by atoms with Crippen molar-refractivity contribution in [2.45, 2.75) is 65.2 Å². The lowest BCUT2D eigenvalue weighted by molar-refractivity contribution is -0.140. The molecular formula is C34H43N3O4. The Kier molecular flexibility index (Phi) is 10.8. The van der Waals surface area contributed by atoms with Crippen LogP contribution in [0.3, 0.4) is 0 Å². The zero-order chi connectivity index (χ0) is 29.2. The number of methoxy groups -OCH3 is 1. The third kappa shape index (κ3) is 8.33. The van der Waals surface area contributed by atoms with Crippen LogP contribution in [0.25, 0.3) is 0 Å². The lowest BCUT2D eigenvalue weighted by Crippen LogP contribution is -2.48. The highest BCUT2D eigenvalue weighted by molar-refractivity contribution is 5.94. The maximum Gasteiger partial charge on any atom is 0.251 e. The van der Waals surface area contributed by atoms with Gasteiger partial charge in [0.15, 0.2) is 0 Å². The number of likely N-dealkylation sites (tertiary alicyclic amines) is 1.